The molecule has 3 amide bonds. The van der Waals surface area contributed by atoms with Gasteiger partial charge in [-0.2, -0.15) is 0 Å². The maximum Gasteiger partial charge on any atom is 0.325 e. The molecular formula is C51H64Cl3N5O8Si. The van der Waals surface area contributed by atoms with Crippen LogP contribution in [0.2, 0.25) is 5.04 Å². The fraction of sp³-hybridized carbons (Fsp3) is 0.451. The Morgan fingerprint density at radius 1 is 0.853 bits per heavy atom. The number of esters is 2. The number of fused-ring (bicyclic) bond motifs is 1. The lowest BCUT2D eigenvalue weighted by molar-refractivity contribution is -0.154. The van der Waals surface area contributed by atoms with Gasteiger partial charge in [0.05, 0.1) is 22.7 Å². The first-order chi connectivity index (χ1) is 31.8. The first-order valence-corrected chi connectivity index (χ1v) is 25.9. The number of alkyl halides is 3. The van der Waals surface area contributed by atoms with Crippen molar-refractivity contribution < 1.29 is 37.9 Å². The maximum absolute atomic E-state index is 15.0. The van der Waals surface area contributed by atoms with Gasteiger partial charge in [-0.25, -0.2) is 10.4 Å². The molecule has 13 nitrogen and oxygen atoms in total. The molecule has 0 aliphatic carbocycles. The molecule has 0 radical (unpaired) electrons. The van der Waals surface area contributed by atoms with Crippen LogP contribution in [0, 0.1) is 11.3 Å². The molecule has 2 heterocycles. The van der Waals surface area contributed by atoms with Gasteiger partial charge in [0.25, 0.3) is 14.2 Å². The first kappa shape index (κ1) is 54.1. The molecule has 1 aliphatic rings. The lowest BCUT2D eigenvalue weighted by Gasteiger charge is -2.46. The number of amides is 3. The van der Waals surface area contributed by atoms with Gasteiger partial charge in [-0.05, 0) is 79.6 Å². The molecule has 17 heteroatoms. The number of nitrogens with one attached hydrogen (secondary N) is 3. The zero-order chi connectivity index (χ0) is 50.2. The molecule has 5 rings (SSSR count). The monoisotopic (exact) mass is 1010 g/mol. The molecule has 1 fully saturated rings. The summed E-state index contributed by atoms with van der Waals surface area (Å²) >= 11 is 17.6. The lowest BCUT2D eigenvalue weighted by Crippen LogP contribution is -2.70. The lowest BCUT2D eigenvalue weighted by atomic mass is 9.89. The van der Waals surface area contributed by atoms with E-state index in [1.807, 2.05) is 111 Å². The standard InChI is InChI=1S/C51H64Cl3N5O8Si/c1-32(2)43(57-48(64)50(9,10)28-27-36-23-24-37-25-26-40(55-42(37)30-36)33(3)66-35(5)60)45(61)56-44(46(62)59-29-17-22-41(58-59)47(63)65-31-51(52,53)54)34(4)67-68(49(6,7)8,38-18-13-11-14-19-38)39-20-15-12-16-21-39/h11-16,18-21,23-28,30,32-34,41,43-44,58H,17,22,29,31H2,1-10H3,(H,56,61)(H,57,64)/t33-,34-,41?,43?,44+/m1/s1. The van der Waals surface area contributed by atoms with E-state index in [9.17, 15) is 24.0 Å². The number of halogens is 3. The van der Waals surface area contributed by atoms with Crippen molar-refractivity contribution in [2.75, 3.05) is 13.2 Å². The Balaban J connectivity index is 1.45. The van der Waals surface area contributed by atoms with E-state index >= 15 is 0 Å². The van der Waals surface area contributed by atoms with Gasteiger partial charge in [0.15, 0.2) is 0 Å². The minimum absolute atomic E-state index is 0.206. The number of nitrogens with zero attached hydrogens (tertiary/aromatic N) is 2. The molecule has 3 N–H and O–H groups in total. The Bertz CT molecular complexity index is 2410. The first-order valence-electron chi connectivity index (χ1n) is 22.8. The molecule has 3 aromatic carbocycles. The normalized spacial score (nSPS) is 16.7. The Hall–Kier alpha value is -4.83. The Labute approximate surface area is 416 Å². The van der Waals surface area contributed by atoms with Crippen molar-refractivity contribution in [3.8, 4) is 0 Å². The zero-order valence-electron chi connectivity index (χ0n) is 40.4. The van der Waals surface area contributed by atoms with Crippen molar-refractivity contribution in [2.45, 2.75) is 121 Å². The highest BCUT2D eigenvalue weighted by Gasteiger charge is 2.53. The average Bonchev–Trinajstić information content (AvgIpc) is 3.29. The van der Waals surface area contributed by atoms with E-state index in [0.29, 0.717) is 24.1 Å². The fourth-order valence-corrected chi connectivity index (χ4v) is 13.1. The van der Waals surface area contributed by atoms with E-state index in [1.165, 1.54) is 11.9 Å². The van der Waals surface area contributed by atoms with Gasteiger partial charge in [0.2, 0.25) is 15.6 Å². The van der Waals surface area contributed by atoms with Gasteiger partial charge in [0.1, 0.15) is 30.8 Å². The van der Waals surface area contributed by atoms with Gasteiger partial charge >= 0.3 is 11.9 Å². The second-order valence-electron chi connectivity index (χ2n) is 19.2. The second-order valence-corrected chi connectivity index (χ2v) is 26.0. The van der Waals surface area contributed by atoms with E-state index in [-0.39, 0.29) is 6.54 Å². The molecule has 0 bridgehead atoms. The van der Waals surface area contributed by atoms with Crippen molar-refractivity contribution in [2.24, 2.45) is 11.3 Å². The summed E-state index contributed by atoms with van der Waals surface area (Å²) in [6.45, 7) is 18.0. The SMILES string of the molecule is CC(=O)O[C@H](C)c1ccc2ccc(C=CC(C)(C)C(=O)NC(C(=O)N[C@H](C(=O)N3CCCC(C(=O)OCC(Cl)(Cl)Cl)N3)[C@@H](C)O[Si](c3ccccc3)(c3ccccc3)C(C)(C)C)C(C)C)cc2n1. The Morgan fingerprint density at radius 3 is 2.01 bits per heavy atom. The van der Waals surface area contributed by atoms with Crippen molar-refractivity contribution in [1.29, 1.82) is 0 Å². The highest BCUT2D eigenvalue weighted by atomic mass is 35.6. The van der Waals surface area contributed by atoms with E-state index < -0.39 is 95.1 Å². The van der Waals surface area contributed by atoms with Crippen LogP contribution in [0.25, 0.3) is 17.0 Å². The number of carbonyl (C=O) groups is 5. The van der Waals surface area contributed by atoms with Crippen molar-refractivity contribution in [1.82, 2.24) is 26.1 Å². The minimum atomic E-state index is -3.30. The van der Waals surface area contributed by atoms with E-state index in [1.54, 1.807) is 33.8 Å². The summed E-state index contributed by atoms with van der Waals surface area (Å²) in [5, 5.41) is 9.63. The predicted octanol–water partition coefficient (Wildman–Crippen LogP) is 7.90. The molecule has 0 spiro atoms. The van der Waals surface area contributed by atoms with Crippen LogP contribution in [0.5, 0.6) is 0 Å². The molecule has 2 unspecified atom stereocenters. The van der Waals surface area contributed by atoms with Crippen LogP contribution in [-0.4, -0.2) is 89.1 Å². The van der Waals surface area contributed by atoms with Gasteiger partial charge < -0.3 is 24.5 Å². The Morgan fingerprint density at radius 2 is 1.46 bits per heavy atom. The third-order valence-corrected chi connectivity index (χ3v) is 17.4. The summed E-state index contributed by atoms with van der Waals surface area (Å²) in [6.07, 6.45) is 2.87. The second kappa shape index (κ2) is 22.7. The molecule has 366 valence electrons. The number of rotatable bonds is 17. The number of hydrogen-bond donors (Lipinski definition) is 3. The molecule has 1 aliphatic heterocycles. The molecule has 1 aromatic heterocycles. The molecular weight excluding hydrogens is 945 g/mol. The summed E-state index contributed by atoms with van der Waals surface area (Å²) < 4.78 is 16.2. The van der Waals surface area contributed by atoms with Crippen LogP contribution >= 0.6 is 34.8 Å². The van der Waals surface area contributed by atoms with E-state index in [4.69, 9.17) is 53.7 Å². The van der Waals surface area contributed by atoms with Gasteiger partial charge in [-0.1, -0.05) is 160 Å². The van der Waals surface area contributed by atoms with E-state index in [0.717, 1.165) is 21.3 Å². The van der Waals surface area contributed by atoms with Crippen molar-refractivity contribution in [3.05, 3.63) is 108 Å². The minimum Gasteiger partial charge on any atom is -0.460 e. The van der Waals surface area contributed by atoms with Gasteiger partial charge in [-0.15, -0.1) is 0 Å². The number of ether oxygens (including phenoxy) is 2. The summed E-state index contributed by atoms with van der Waals surface area (Å²) in [4.78, 5) is 73.3. The topological polar surface area (TPSA) is 165 Å². The van der Waals surface area contributed by atoms with Crippen molar-refractivity contribution >= 4 is 100 Å². The molecule has 1 saturated heterocycles. The number of pyridine rings is 1. The van der Waals surface area contributed by atoms with Crippen LogP contribution in [0.3, 0.4) is 0 Å². The molecule has 0 saturated carbocycles. The number of benzene rings is 3. The molecule has 68 heavy (non-hydrogen) atoms. The van der Waals surface area contributed by atoms with Crippen LogP contribution in [0.1, 0.15) is 99.4 Å². The Kier molecular flexibility index (Phi) is 18.1. The van der Waals surface area contributed by atoms with Crippen LogP contribution in [-0.2, 0) is 37.9 Å². The summed E-state index contributed by atoms with van der Waals surface area (Å²) in [6, 6.07) is 26.0. The van der Waals surface area contributed by atoms with Crippen LogP contribution in [0.4, 0.5) is 0 Å². The molecule has 4 aromatic rings. The van der Waals surface area contributed by atoms with E-state index in [2.05, 4.69) is 36.8 Å². The summed E-state index contributed by atoms with van der Waals surface area (Å²) in [5.74, 6) is -3.10. The quantitative estimate of drug-likeness (QED) is 0.0538. The number of hydrogen-bond acceptors (Lipinski definition) is 10. The summed E-state index contributed by atoms with van der Waals surface area (Å²) in [5.41, 5.74) is 3.97. The van der Waals surface area contributed by atoms with Crippen LogP contribution in [0.15, 0.2) is 97.1 Å². The number of aromatic nitrogens is 1. The smallest absolute Gasteiger partial charge is 0.325 e. The fourth-order valence-electron chi connectivity index (χ4n) is 8.23. The largest absolute Gasteiger partial charge is 0.460 e. The third-order valence-electron chi connectivity index (χ3n) is 11.9. The maximum atomic E-state index is 15.0. The van der Waals surface area contributed by atoms with Gasteiger partial charge in [-0.3, -0.25) is 29.0 Å². The number of carbonyl (C=O) groups excluding carboxylic acids is 5. The van der Waals surface area contributed by atoms with Crippen LogP contribution < -0.4 is 26.4 Å². The molecule has 5 atom stereocenters. The highest BCUT2D eigenvalue weighted by Crippen LogP contribution is 2.38. The highest BCUT2D eigenvalue weighted by molar-refractivity contribution is 6.99. The third kappa shape index (κ3) is 13.7. The summed E-state index contributed by atoms with van der Waals surface area (Å²) in [7, 11) is -3.30. The average molecular weight is 1010 g/mol. The zero-order valence-corrected chi connectivity index (χ0v) is 43.7. The number of hydrazine groups is 1. The van der Waals surface area contributed by atoms with Gasteiger partial charge in [0, 0.05) is 18.9 Å². The predicted molar refractivity (Wildman–Crippen MR) is 271 cm³/mol. The van der Waals surface area contributed by atoms with Crippen molar-refractivity contribution in [3.63, 3.8) is 0 Å².